The van der Waals surface area contributed by atoms with Gasteiger partial charge in [-0.2, -0.15) is 0 Å². The van der Waals surface area contributed by atoms with E-state index in [9.17, 15) is 0 Å². The molecule has 0 spiro atoms. The van der Waals surface area contributed by atoms with Gasteiger partial charge in [-0.1, -0.05) is 41.9 Å². The molecule has 3 heteroatoms. The lowest BCUT2D eigenvalue weighted by atomic mass is 9.97. The standard InChI is InChI=1S/C15H24BrNO/c1-12(2)11-18-8-7-14(10-17)9-13-3-5-15(16)6-4-13/h3-6,12,14H,7-11,17H2,1-2H3. The maximum Gasteiger partial charge on any atom is 0.0488 e. The van der Waals surface area contributed by atoms with Gasteiger partial charge >= 0.3 is 0 Å². The third kappa shape index (κ3) is 6.53. The van der Waals surface area contributed by atoms with Crippen LogP contribution in [-0.2, 0) is 11.2 Å². The topological polar surface area (TPSA) is 35.2 Å². The lowest BCUT2D eigenvalue weighted by Crippen LogP contribution is -2.19. The van der Waals surface area contributed by atoms with E-state index < -0.39 is 0 Å². The first-order valence-corrected chi connectivity index (χ1v) is 7.43. The van der Waals surface area contributed by atoms with E-state index in [0.29, 0.717) is 11.8 Å². The summed E-state index contributed by atoms with van der Waals surface area (Å²) in [7, 11) is 0. The highest BCUT2D eigenvalue weighted by Crippen LogP contribution is 2.15. The molecule has 0 radical (unpaired) electrons. The molecule has 1 unspecified atom stereocenters. The lowest BCUT2D eigenvalue weighted by Gasteiger charge is -2.15. The Kier molecular flexibility index (Phi) is 7.56. The molecule has 0 fully saturated rings. The van der Waals surface area contributed by atoms with Crippen molar-refractivity contribution in [1.82, 2.24) is 0 Å². The van der Waals surface area contributed by atoms with E-state index in [2.05, 4.69) is 54.0 Å². The third-order valence-electron chi connectivity index (χ3n) is 2.89. The van der Waals surface area contributed by atoms with Crippen LogP contribution in [0, 0.1) is 11.8 Å². The maximum absolute atomic E-state index is 5.83. The predicted molar refractivity (Wildman–Crippen MR) is 80.7 cm³/mol. The van der Waals surface area contributed by atoms with Crippen molar-refractivity contribution in [2.45, 2.75) is 26.7 Å². The fourth-order valence-corrected chi connectivity index (χ4v) is 2.09. The average molecular weight is 314 g/mol. The van der Waals surface area contributed by atoms with Gasteiger partial charge in [-0.25, -0.2) is 0 Å². The van der Waals surface area contributed by atoms with Crippen molar-refractivity contribution in [1.29, 1.82) is 0 Å². The first-order chi connectivity index (χ1) is 8.61. The normalized spacial score (nSPS) is 12.9. The van der Waals surface area contributed by atoms with Gasteiger partial charge in [0.1, 0.15) is 0 Å². The quantitative estimate of drug-likeness (QED) is 0.744. The third-order valence-corrected chi connectivity index (χ3v) is 3.42. The number of rotatable bonds is 8. The van der Waals surface area contributed by atoms with Crippen LogP contribution in [0.3, 0.4) is 0 Å². The van der Waals surface area contributed by atoms with Gasteiger partial charge in [-0.3, -0.25) is 0 Å². The fraction of sp³-hybridized carbons (Fsp3) is 0.600. The Morgan fingerprint density at radius 3 is 2.44 bits per heavy atom. The zero-order valence-corrected chi connectivity index (χ0v) is 12.9. The Bertz CT molecular complexity index is 324. The van der Waals surface area contributed by atoms with Gasteiger partial charge < -0.3 is 10.5 Å². The second-order valence-corrected chi connectivity index (χ2v) is 6.11. The summed E-state index contributed by atoms with van der Waals surface area (Å²) in [5, 5.41) is 0. The molecule has 0 heterocycles. The molecule has 0 saturated heterocycles. The summed E-state index contributed by atoms with van der Waals surface area (Å²) >= 11 is 3.45. The van der Waals surface area contributed by atoms with Crippen LogP contribution in [0.2, 0.25) is 0 Å². The number of ether oxygens (including phenoxy) is 1. The summed E-state index contributed by atoms with van der Waals surface area (Å²) in [6, 6.07) is 8.47. The zero-order chi connectivity index (χ0) is 13.4. The van der Waals surface area contributed by atoms with Crippen LogP contribution in [0.4, 0.5) is 0 Å². The van der Waals surface area contributed by atoms with Crippen molar-refractivity contribution in [2.24, 2.45) is 17.6 Å². The van der Waals surface area contributed by atoms with E-state index in [-0.39, 0.29) is 0 Å². The van der Waals surface area contributed by atoms with Gasteiger partial charge in [-0.05, 0) is 48.9 Å². The smallest absolute Gasteiger partial charge is 0.0488 e. The van der Waals surface area contributed by atoms with Gasteiger partial charge in [0.25, 0.3) is 0 Å². The number of hydrogen-bond acceptors (Lipinski definition) is 2. The van der Waals surface area contributed by atoms with Crippen molar-refractivity contribution in [3.05, 3.63) is 34.3 Å². The Morgan fingerprint density at radius 2 is 1.89 bits per heavy atom. The van der Waals surface area contributed by atoms with Crippen molar-refractivity contribution >= 4 is 15.9 Å². The highest BCUT2D eigenvalue weighted by molar-refractivity contribution is 9.10. The van der Waals surface area contributed by atoms with E-state index in [1.54, 1.807) is 0 Å². The fourth-order valence-electron chi connectivity index (χ4n) is 1.83. The Hall–Kier alpha value is -0.380. The van der Waals surface area contributed by atoms with Crippen LogP contribution in [0.15, 0.2) is 28.7 Å². The molecule has 0 amide bonds. The molecule has 2 nitrogen and oxygen atoms in total. The monoisotopic (exact) mass is 313 g/mol. The molecule has 0 aromatic heterocycles. The highest BCUT2D eigenvalue weighted by Gasteiger charge is 2.08. The van der Waals surface area contributed by atoms with Crippen LogP contribution in [0.5, 0.6) is 0 Å². The molecule has 0 bridgehead atoms. The zero-order valence-electron chi connectivity index (χ0n) is 11.4. The van der Waals surface area contributed by atoms with Crippen LogP contribution >= 0.6 is 15.9 Å². The largest absolute Gasteiger partial charge is 0.381 e. The molecular weight excluding hydrogens is 290 g/mol. The summed E-state index contributed by atoms with van der Waals surface area (Å²) in [6.45, 7) is 6.72. The minimum absolute atomic E-state index is 0.512. The molecule has 1 aromatic rings. The van der Waals surface area contributed by atoms with Crippen molar-refractivity contribution in [3.63, 3.8) is 0 Å². The van der Waals surface area contributed by atoms with Crippen LogP contribution in [-0.4, -0.2) is 19.8 Å². The van der Waals surface area contributed by atoms with Crippen molar-refractivity contribution in [2.75, 3.05) is 19.8 Å². The Morgan fingerprint density at radius 1 is 1.22 bits per heavy atom. The molecule has 1 atom stereocenters. The van der Waals surface area contributed by atoms with Crippen LogP contribution in [0.25, 0.3) is 0 Å². The van der Waals surface area contributed by atoms with E-state index in [1.807, 2.05) is 0 Å². The van der Waals surface area contributed by atoms with Gasteiger partial charge in [0.15, 0.2) is 0 Å². The first-order valence-electron chi connectivity index (χ1n) is 6.64. The van der Waals surface area contributed by atoms with E-state index >= 15 is 0 Å². The second-order valence-electron chi connectivity index (χ2n) is 5.19. The molecule has 0 aliphatic carbocycles. The number of hydrogen-bond donors (Lipinski definition) is 1. The average Bonchev–Trinajstić information content (AvgIpc) is 2.35. The van der Waals surface area contributed by atoms with Crippen LogP contribution in [0.1, 0.15) is 25.8 Å². The van der Waals surface area contributed by atoms with Gasteiger partial charge in [0.2, 0.25) is 0 Å². The Labute approximate surface area is 119 Å². The van der Waals surface area contributed by atoms with E-state index in [1.165, 1.54) is 5.56 Å². The molecule has 0 aliphatic heterocycles. The number of nitrogens with two attached hydrogens (primary N) is 1. The van der Waals surface area contributed by atoms with E-state index in [0.717, 1.165) is 37.1 Å². The molecule has 102 valence electrons. The molecule has 2 N–H and O–H groups in total. The molecule has 1 aromatic carbocycles. The predicted octanol–water partition coefficient (Wildman–Crippen LogP) is 3.63. The first kappa shape index (κ1) is 15.7. The summed E-state index contributed by atoms with van der Waals surface area (Å²) in [5.41, 5.74) is 7.17. The number of halogens is 1. The lowest BCUT2D eigenvalue weighted by molar-refractivity contribution is 0.0984. The number of benzene rings is 1. The van der Waals surface area contributed by atoms with Crippen LogP contribution < -0.4 is 5.73 Å². The molecule has 0 aliphatic rings. The second kappa shape index (κ2) is 8.68. The van der Waals surface area contributed by atoms with Gasteiger partial charge in [-0.15, -0.1) is 0 Å². The SMILES string of the molecule is CC(C)COCCC(CN)Cc1ccc(Br)cc1. The van der Waals surface area contributed by atoms with Gasteiger partial charge in [0, 0.05) is 17.7 Å². The summed E-state index contributed by atoms with van der Waals surface area (Å²) in [4.78, 5) is 0. The molecular formula is C15H24BrNO. The van der Waals surface area contributed by atoms with E-state index in [4.69, 9.17) is 10.5 Å². The highest BCUT2D eigenvalue weighted by atomic mass is 79.9. The van der Waals surface area contributed by atoms with Crippen molar-refractivity contribution in [3.8, 4) is 0 Å². The molecule has 0 saturated carbocycles. The minimum atomic E-state index is 0.512. The summed E-state index contributed by atoms with van der Waals surface area (Å²) in [5.74, 6) is 1.12. The Balaban J connectivity index is 2.30. The van der Waals surface area contributed by atoms with Crippen molar-refractivity contribution < 1.29 is 4.74 Å². The maximum atomic E-state index is 5.83. The molecule has 1 rings (SSSR count). The van der Waals surface area contributed by atoms with Gasteiger partial charge in [0.05, 0.1) is 0 Å². The minimum Gasteiger partial charge on any atom is -0.381 e. The molecule has 18 heavy (non-hydrogen) atoms. The summed E-state index contributed by atoms with van der Waals surface area (Å²) < 4.78 is 6.74. The summed E-state index contributed by atoms with van der Waals surface area (Å²) in [6.07, 6.45) is 2.08.